The van der Waals surface area contributed by atoms with Gasteiger partial charge in [-0.3, -0.25) is 14.1 Å². The standard InChI is InChI=1S/C23H28N4O6S/c1-6-17(22-16-11-19(32-3)20(33-4)12-18(16)26-23(22)29)25-14-7-9-15(10-8-14)27(34(5,30)31)13-21(28)24-2/h7-12,26,29H,6,13H2,1-5H3,(H,24,28). The zero-order valence-electron chi connectivity index (χ0n) is 19.7. The average Bonchev–Trinajstić information content (AvgIpc) is 3.13. The monoisotopic (exact) mass is 488 g/mol. The number of benzene rings is 2. The summed E-state index contributed by atoms with van der Waals surface area (Å²) in [5.74, 6) is 0.589. The number of carbonyl (C=O) groups excluding carboxylic acids is 1. The number of rotatable bonds is 9. The number of aromatic amines is 1. The number of methoxy groups -OCH3 is 2. The van der Waals surface area contributed by atoms with E-state index in [1.54, 1.807) is 36.4 Å². The van der Waals surface area contributed by atoms with E-state index in [4.69, 9.17) is 9.47 Å². The van der Waals surface area contributed by atoms with Crippen LogP contribution in [0.5, 0.6) is 17.4 Å². The average molecular weight is 489 g/mol. The molecule has 0 radical (unpaired) electrons. The van der Waals surface area contributed by atoms with E-state index < -0.39 is 15.9 Å². The number of aliphatic imine (C=N–C) groups is 1. The third-order valence-electron chi connectivity index (χ3n) is 5.27. The van der Waals surface area contributed by atoms with Crippen molar-refractivity contribution in [1.29, 1.82) is 0 Å². The maximum Gasteiger partial charge on any atom is 0.240 e. The maximum atomic E-state index is 12.2. The van der Waals surface area contributed by atoms with Crippen LogP contribution in [0.4, 0.5) is 11.4 Å². The van der Waals surface area contributed by atoms with Crippen molar-refractivity contribution in [2.24, 2.45) is 4.99 Å². The normalized spacial score (nSPS) is 12.0. The lowest BCUT2D eigenvalue weighted by atomic mass is 10.1. The van der Waals surface area contributed by atoms with Crippen LogP contribution in [-0.4, -0.2) is 64.2 Å². The van der Waals surface area contributed by atoms with E-state index >= 15 is 0 Å². The van der Waals surface area contributed by atoms with Crippen molar-refractivity contribution in [1.82, 2.24) is 10.3 Å². The molecule has 1 heterocycles. The second-order valence-electron chi connectivity index (χ2n) is 7.47. The largest absolute Gasteiger partial charge is 0.494 e. The number of H-pyrrole nitrogens is 1. The van der Waals surface area contributed by atoms with Crippen LogP contribution in [0, 0.1) is 0 Å². The van der Waals surface area contributed by atoms with E-state index in [0.717, 1.165) is 15.9 Å². The molecule has 3 N–H and O–H groups in total. The Labute approximate surface area is 198 Å². The molecule has 0 spiro atoms. The van der Waals surface area contributed by atoms with Crippen LogP contribution in [0.3, 0.4) is 0 Å². The number of amides is 1. The highest BCUT2D eigenvalue weighted by Gasteiger charge is 2.21. The van der Waals surface area contributed by atoms with Crippen LogP contribution in [0.2, 0.25) is 0 Å². The molecule has 11 heteroatoms. The maximum absolute atomic E-state index is 12.2. The highest BCUT2D eigenvalue weighted by Crippen LogP contribution is 2.37. The number of sulfonamides is 1. The Bertz CT molecular complexity index is 1330. The van der Waals surface area contributed by atoms with Gasteiger partial charge < -0.3 is 24.9 Å². The van der Waals surface area contributed by atoms with Crippen LogP contribution in [-0.2, 0) is 14.8 Å². The number of anilines is 1. The number of nitrogens with one attached hydrogen (secondary N) is 2. The summed E-state index contributed by atoms with van der Waals surface area (Å²) >= 11 is 0. The van der Waals surface area contributed by atoms with E-state index in [1.165, 1.54) is 21.3 Å². The summed E-state index contributed by atoms with van der Waals surface area (Å²) in [6.07, 6.45) is 1.56. The lowest BCUT2D eigenvalue weighted by Crippen LogP contribution is -2.39. The van der Waals surface area contributed by atoms with Gasteiger partial charge in [0.2, 0.25) is 15.9 Å². The van der Waals surface area contributed by atoms with E-state index in [1.807, 2.05) is 6.92 Å². The van der Waals surface area contributed by atoms with Crippen LogP contribution >= 0.6 is 0 Å². The summed E-state index contributed by atoms with van der Waals surface area (Å²) in [7, 11) is 0.854. The van der Waals surface area contributed by atoms with Gasteiger partial charge in [-0.15, -0.1) is 0 Å². The number of nitrogens with zero attached hydrogens (tertiary/aromatic N) is 2. The molecule has 1 amide bonds. The second kappa shape index (κ2) is 10.0. The van der Waals surface area contributed by atoms with Gasteiger partial charge in [0.25, 0.3) is 0 Å². The van der Waals surface area contributed by atoms with Crippen LogP contribution in [0.1, 0.15) is 18.9 Å². The fourth-order valence-electron chi connectivity index (χ4n) is 3.57. The minimum absolute atomic E-state index is 0.0312. The molecule has 0 aliphatic heterocycles. The smallest absolute Gasteiger partial charge is 0.240 e. The summed E-state index contributed by atoms with van der Waals surface area (Å²) < 4.78 is 36.1. The molecule has 0 saturated heterocycles. The molecule has 0 bridgehead atoms. The molecule has 0 fully saturated rings. The van der Waals surface area contributed by atoms with Gasteiger partial charge in [0.15, 0.2) is 17.4 Å². The number of aromatic nitrogens is 1. The highest BCUT2D eigenvalue weighted by molar-refractivity contribution is 7.92. The van der Waals surface area contributed by atoms with Crippen molar-refractivity contribution in [3.05, 3.63) is 42.0 Å². The van der Waals surface area contributed by atoms with Gasteiger partial charge >= 0.3 is 0 Å². The lowest BCUT2D eigenvalue weighted by Gasteiger charge is -2.21. The van der Waals surface area contributed by atoms with Gasteiger partial charge in [0, 0.05) is 18.5 Å². The second-order valence-corrected chi connectivity index (χ2v) is 9.38. The van der Waals surface area contributed by atoms with E-state index in [-0.39, 0.29) is 12.4 Å². The first-order chi connectivity index (χ1) is 16.1. The molecule has 0 aliphatic carbocycles. The van der Waals surface area contributed by atoms with E-state index in [0.29, 0.717) is 46.1 Å². The van der Waals surface area contributed by atoms with Crippen molar-refractivity contribution >= 4 is 43.9 Å². The molecule has 10 nitrogen and oxygen atoms in total. The predicted octanol–water partition coefficient (Wildman–Crippen LogP) is 2.93. The Morgan fingerprint density at radius 3 is 2.29 bits per heavy atom. The predicted molar refractivity (Wildman–Crippen MR) is 132 cm³/mol. The molecular formula is C23H28N4O6S. The first-order valence-corrected chi connectivity index (χ1v) is 12.3. The Morgan fingerprint density at radius 1 is 1.15 bits per heavy atom. The summed E-state index contributed by atoms with van der Waals surface area (Å²) in [5.41, 5.74) is 2.73. The van der Waals surface area contributed by atoms with Gasteiger partial charge in [-0.05, 0) is 36.8 Å². The van der Waals surface area contributed by atoms with Crippen LogP contribution in [0.15, 0.2) is 41.4 Å². The molecule has 0 atom stereocenters. The van der Waals surface area contributed by atoms with Crippen molar-refractivity contribution in [3.63, 3.8) is 0 Å². The van der Waals surface area contributed by atoms with Gasteiger partial charge in [0.05, 0.1) is 48.6 Å². The number of likely N-dealkylation sites (N-methyl/N-ethyl adjacent to an activating group) is 1. The van der Waals surface area contributed by atoms with Gasteiger partial charge in [0.1, 0.15) is 6.54 Å². The van der Waals surface area contributed by atoms with Crippen molar-refractivity contribution < 1.29 is 27.8 Å². The lowest BCUT2D eigenvalue weighted by molar-refractivity contribution is -0.119. The van der Waals surface area contributed by atoms with Crippen molar-refractivity contribution in [2.75, 3.05) is 38.4 Å². The number of hydrogen-bond donors (Lipinski definition) is 3. The Morgan fingerprint density at radius 2 is 1.76 bits per heavy atom. The fourth-order valence-corrected chi connectivity index (χ4v) is 4.43. The van der Waals surface area contributed by atoms with Crippen molar-refractivity contribution in [2.45, 2.75) is 13.3 Å². The fraction of sp³-hybridized carbons (Fsp3) is 0.304. The van der Waals surface area contributed by atoms with Crippen molar-refractivity contribution in [3.8, 4) is 17.4 Å². The molecule has 0 unspecified atom stereocenters. The number of ether oxygens (including phenoxy) is 2. The molecule has 182 valence electrons. The first kappa shape index (κ1) is 24.9. The molecule has 3 rings (SSSR count). The molecule has 3 aromatic rings. The number of hydrogen-bond acceptors (Lipinski definition) is 7. The van der Waals surface area contributed by atoms with Crippen LogP contribution in [0.25, 0.3) is 10.9 Å². The third-order valence-corrected chi connectivity index (χ3v) is 6.42. The molecule has 34 heavy (non-hydrogen) atoms. The van der Waals surface area contributed by atoms with Gasteiger partial charge in [-0.2, -0.15) is 0 Å². The summed E-state index contributed by atoms with van der Waals surface area (Å²) in [6, 6.07) is 9.99. The molecule has 0 aliphatic rings. The molecule has 1 aromatic heterocycles. The zero-order valence-corrected chi connectivity index (χ0v) is 20.5. The SMILES string of the molecule is CCC(=Nc1ccc(N(CC(=O)NC)S(C)(=O)=O)cc1)c1c(O)[nH]c2cc(OC)c(OC)cc12. The minimum atomic E-state index is -3.66. The molecule has 2 aromatic carbocycles. The summed E-state index contributed by atoms with van der Waals surface area (Å²) in [6.45, 7) is 1.59. The zero-order chi connectivity index (χ0) is 25.0. The van der Waals surface area contributed by atoms with Gasteiger partial charge in [-0.25, -0.2) is 8.42 Å². The Hall–Kier alpha value is -3.73. The topological polar surface area (TPSA) is 133 Å². The van der Waals surface area contributed by atoms with E-state index in [2.05, 4.69) is 15.3 Å². The number of carbonyl (C=O) groups is 1. The summed E-state index contributed by atoms with van der Waals surface area (Å²) in [4.78, 5) is 19.4. The third kappa shape index (κ3) is 5.09. The molecular weight excluding hydrogens is 460 g/mol. The quantitative estimate of drug-likeness (QED) is 0.397. The Balaban J connectivity index is 2.03. The Kier molecular flexibility index (Phi) is 7.35. The van der Waals surface area contributed by atoms with E-state index in [9.17, 15) is 18.3 Å². The first-order valence-electron chi connectivity index (χ1n) is 10.5. The highest BCUT2D eigenvalue weighted by atomic mass is 32.2. The number of aromatic hydroxyl groups is 1. The molecule has 0 saturated carbocycles. The summed E-state index contributed by atoms with van der Waals surface area (Å²) in [5, 5.41) is 13.8. The van der Waals surface area contributed by atoms with Gasteiger partial charge in [-0.1, -0.05) is 6.92 Å². The number of fused-ring (bicyclic) bond motifs is 1. The minimum Gasteiger partial charge on any atom is -0.494 e. The van der Waals surface area contributed by atoms with Crippen LogP contribution < -0.4 is 19.1 Å².